The first-order valence-corrected chi connectivity index (χ1v) is 6.17. The quantitative estimate of drug-likeness (QED) is 0.836. The van der Waals surface area contributed by atoms with Gasteiger partial charge in [0.15, 0.2) is 17.5 Å². The van der Waals surface area contributed by atoms with Crippen LogP contribution in [0, 0.1) is 23.4 Å². The van der Waals surface area contributed by atoms with E-state index in [2.05, 4.69) is 0 Å². The van der Waals surface area contributed by atoms with Crippen molar-refractivity contribution < 1.29 is 18.0 Å². The molecule has 1 fully saturated rings. The van der Waals surface area contributed by atoms with Crippen molar-refractivity contribution >= 4 is 5.91 Å². The highest BCUT2D eigenvalue weighted by Crippen LogP contribution is 2.21. The molecule has 1 amide bonds. The molecule has 104 valence electrons. The van der Waals surface area contributed by atoms with Crippen molar-refractivity contribution in [3.05, 3.63) is 35.1 Å². The summed E-state index contributed by atoms with van der Waals surface area (Å²) in [6.45, 7) is 1.47. The zero-order valence-corrected chi connectivity index (χ0v) is 10.3. The molecule has 6 heteroatoms. The Morgan fingerprint density at radius 3 is 2.42 bits per heavy atom. The van der Waals surface area contributed by atoms with Gasteiger partial charge in [-0.25, -0.2) is 13.2 Å². The van der Waals surface area contributed by atoms with Crippen molar-refractivity contribution in [1.29, 1.82) is 0 Å². The Kier molecular flexibility index (Phi) is 4.09. The summed E-state index contributed by atoms with van der Waals surface area (Å²) in [5.41, 5.74) is 5.12. The summed E-state index contributed by atoms with van der Waals surface area (Å²) >= 11 is 0. The van der Waals surface area contributed by atoms with E-state index in [0.29, 0.717) is 25.6 Å². The lowest BCUT2D eigenvalue weighted by molar-refractivity contribution is 0.0687. The molecule has 0 atom stereocenters. The lowest BCUT2D eigenvalue weighted by atomic mass is 9.96. The molecule has 19 heavy (non-hydrogen) atoms. The number of piperidine rings is 1. The predicted molar refractivity (Wildman–Crippen MR) is 64.0 cm³/mol. The SMILES string of the molecule is NCC1CCN(C(=O)c2ccc(F)c(F)c2F)CC1. The lowest BCUT2D eigenvalue weighted by Gasteiger charge is -2.31. The standard InChI is InChI=1S/C13H15F3N2O/c14-10-2-1-9(11(15)12(10)16)13(19)18-5-3-8(7-17)4-6-18/h1-2,8H,3-7,17H2. The maximum Gasteiger partial charge on any atom is 0.256 e. The molecular weight excluding hydrogens is 257 g/mol. The number of likely N-dealkylation sites (tertiary alicyclic amines) is 1. The van der Waals surface area contributed by atoms with Crippen LogP contribution < -0.4 is 5.73 Å². The fraction of sp³-hybridized carbons (Fsp3) is 0.462. The third-order valence-electron chi connectivity index (χ3n) is 3.50. The molecule has 0 saturated carbocycles. The maximum atomic E-state index is 13.5. The fourth-order valence-electron chi connectivity index (χ4n) is 2.23. The Labute approximate surface area is 109 Å². The Morgan fingerprint density at radius 1 is 1.21 bits per heavy atom. The average molecular weight is 272 g/mol. The normalized spacial score (nSPS) is 16.7. The number of nitrogens with two attached hydrogens (primary N) is 1. The predicted octanol–water partition coefficient (Wildman–Crippen LogP) is 1.91. The average Bonchev–Trinajstić information content (AvgIpc) is 2.44. The summed E-state index contributed by atoms with van der Waals surface area (Å²) in [6.07, 6.45) is 1.49. The summed E-state index contributed by atoms with van der Waals surface area (Å²) in [4.78, 5) is 13.5. The number of rotatable bonds is 2. The zero-order chi connectivity index (χ0) is 14.0. The van der Waals surface area contributed by atoms with Gasteiger partial charge in [0.25, 0.3) is 5.91 Å². The van der Waals surface area contributed by atoms with E-state index in [-0.39, 0.29) is 0 Å². The molecule has 1 saturated heterocycles. The highest BCUT2D eigenvalue weighted by atomic mass is 19.2. The molecular formula is C13H15F3N2O. The number of hydrogen-bond donors (Lipinski definition) is 1. The lowest BCUT2D eigenvalue weighted by Crippen LogP contribution is -2.40. The van der Waals surface area contributed by atoms with Gasteiger partial charge in [-0.2, -0.15) is 0 Å². The molecule has 0 spiro atoms. The Balaban J connectivity index is 2.15. The third kappa shape index (κ3) is 2.73. The summed E-state index contributed by atoms with van der Waals surface area (Å²) in [6, 6.07) is 1.74. The van der Waals surface area contributed by atoms with Crippen LogP contribution in [-0.4, -0.2) is 30.4 Å². The molecule has 0 aromatic heterocycles. The summed E-state index contributed by atoms with van der Waals surface area (Å²) in [5.74, 6) is -4.57. The first kappa shape index (κ1) is 13.9. The topological polar surface area (TPSA) is 46.3 Å². The van der Waals surface area contributed by atoms with Gasteiger partial charge in [0.1, 0.15) is 0 Å². The van der Waals surface area contributed by atoms with Gasteiger partial charge >= 0.3 is 0 Å². The van der Waals surface area contributed by atoms with Crippen LogP contribution in [0.25, 0.3) is 0 Å². The van der Waals surface area contributed by atoms with Gasteiger partial charge in [-0.1, -0.05) is 0 Å². The number of hydrogen-bond acceptors (Lipinski definition) is 2. The molecule has 1 heterocycles. The second-order valence-electron chi connectivity index (χ2n) is 4.69. The van der Waals surface area contributed by atoms with E-state index in [1.54, 1.807) is 0 Å². The maximum absolute atomic E-state index is 13.5. The number of nitrogens with zero attached hydrogens (tertiary/aromatic N) is 1. The first-order valence-electron chi connectivity index (χ1n) is 6.17. The zero-order valence-electron chi connectivity index (χ0n) is 10.3. The molecule has 2 rings (SSSR count). The second kappa shape index (κ2) is 5.61. The van der Waals surface area contributed by atoms with Crippen LogP contribution in [0.2, 0.25) is 0 Å². The molecule has 1 aliphatic heterocycles. The number of halogens is 3. The van der Waals surface area contributed by atoms with E-state index in [1.807, 2.05) is 0 Å². The third-order valence-corrected chi connectivity index (χ3v) is 3.50. The van der Waals surface area contributed by atoms with Crippen molar-refractivity contribution in [3.63, 3.8) is 0 Å². The van der Waals surface area contributed by atoms with Crippen molar-refractivity contribution in [2.24, 2.45) is 11.7 Å². The Bertz CT molecular complexity index is 485. The van der Waals surface area contributed by atoms with Gasteiger partial charge < -0.3 is 10.6 Å². The summed E-state index contributed by atoms with van der Waals surface area (Å²) < 4.78 is 39.4. The Morgan fingerprint density at radius 2 is 1.84 bits per heavy atom. The van der Waals surface area contributed by atoms with E-state index in [9.17, 15) is 18.0 Å². The van der Waals surface area contributed by atoms with Crippen molar-refractivity contribution in [2.75, 3.05) is 19.6 Å². The first-order chi connectivity index (χ1) is 9.04. The van der Waals surface area contributed by atoms with E-state index in [0.717, 1.165) is 25.0 Å². The minimum absolute atomic E-state index is 0.360. The fourth-order valence-corrected chi connectivity index (χ4v) is 2.23. The van der Waals surface area contributed by atoms with Crippen LogP contribution in [0.4, 0.5) is 13.2 Å². The van der Waals surface area contributed by atoms with Gasteiger partial charge in [-0.3, -0.25) is 4.79 Å². The molecule has 1 aromatic rings. The minimum atomic E-state index is -1.61. The summed E-state index contributed by atoms with van der Waals surface area (Å²) in [7, 11) is 0. The van der Waals surface area contributed by atoms with Gasteiger partial charge in [-0.15, -0.1) is 0 Å². The van der Waals surface area contributed by atoms with E-state index in [4.69, 9.17) is 5.73 Å². The molecule has 2 N–H and O–H groups in total. The number of carbonyl (C=O) groups is 1. The van der Waals surface area contributed by atoms with Gasteiger partial charge in [0.2, 0.25) is 0 Å². The van der Waals surface area contributed by atoms with E-state index < -0.39 is 28.9 Å². The van der Waals surface area contributed by atoms with E-state index in [1.165, 1.54) is 4.90 Å². The number of carbonyl (C=O) groups excluding carboxylic acids is 1. The molecule has 0 bridgehead atoms. The van der Waals surface area contributed by atoms with Crippen molar-refractivity contribution in [1.82, 2.24) is 4.90 Å². The van der Waals surface area contributed by atoms with Crippen LogP contribution in [0.3, 0.4) is 0 Å². The summed E-state index contributed by atoms with van der Waals surface area (Å²) in [5, 5.41) is 0. The molecule has 0 aliphatic carbocycles. The monoisotopic (exact) mass is 272 g/mol. The largest absolute Gasteiger partial charge is 0.339 e. The van der Waals surface area contributed by atoms with Gasteiger partial charge in [0, 0.05) is 13.1 Å². The molecule has 1 aromatic carbocycles. The number of benzene rings is 1. The molecule has 0 unspecified atom stereocenters. The molecule has 0 radical (unpaired) electrons. The number of amides is 1. The van der Waals surface area contributed by atoms with Crippen molar-refractivity contribution in [2.45, 2.75) is 12.8 Å². The van der Waals surface area contributed by atoms with E-state index >= 15 is 0 Å². The van der Waals surface area contributed by atoms with Gasteiger partial charge in [-0.05, 0) is 37.4 Å². The smallest absolute Gasteiger partial charge is 0.256 e. The van der Waals surface area contributed by atoms with Crippen molar-refractivity contribution in [3.8, 4) is 0 Å². The van der Waals surface area contributed by atoms with Crippen LogP contribution in [-0.2, 0) is 0 Å². The van der Waals surface area contributed by atoms with Crippen LogP contribution in [0.15, 0.2) is 12.1 Å². The molecule has 1 aliphatic rings. The second-order valence-corrected chi connectivity index (χ2v) is 4.69. The van der Waals surface area contributed by atoms with Crippen LogP contribution >= 0.6 is 0 Å². The minimum Gasteiger partial charge on any atom is -0.339 e. The van der Waals surface area contributed by atoms with Crippen LogP contribution in [0.1, 0.15) is 23.2 Å². The Hall–Kier alpha value is -1.56. The molecule has 3 nitrogen and oxygen atoms in total. The highest BCUT2D eigenvalue weighted by molar-refractivity contribution is 5.94. The highest BCUT2D eigenvalue weighted by Gasteiger charge is 2.26. The van der Waals surface area contributed by atoms with Gasteiger partial charge in [0.05, 0.1) is 5.56 Å². The van der Waals surface area contributed by atoms with Crippen LogP contribution in [0.5, 0.6) is 0 Å².